The van der Waals surface area contributed by atoms with Gasteiger partial charge in [0.1, 0.15) is 5.15 Å². The van der Waals surface area contributed by atoms with E-state index in [1.165, 1.54) is 0 Å². The van der Waals surface area contributed by atoms with Gasteiger partial charge in [-0.15, -0.1) is 0 Å². The molecule has 0 aliphatic rings. The highest BCUT2D eigenvalue weighted by molar-refractivity contribution is 6.29. The zero-order valence-corrected chi connectivity index (χ0v) is 9.98. The molecule has 0 bridgehead atoms. The van der Waals surface area contributed by atoms with E-state index in [4.69, 9.17) is 11.6 Å². The molecule has 88 valence electrons. The van der Waals surface area contributed by atoms with Crippen LogP contribution in [0.1, 0.15) is 0 Å². The largest absolute Gasteiger partial charge is 0.272 e. The summed E-state index contributed by atoms with van der Waals surface area (Å²) in [6.45, 7) is 0. The van der Waals surface area contributed by atoms with Gasteiger partial charge in [0, 0.05) is 17.8 Å². The molecule has 0 fully saturated rings. The van der Waals surface area contributed by atoms with Crippen LogP contribution in [0.4, 0.5) is 0 Å². The van der Waals surface area contributed by atoms with Crippen LogP contribution in [0.25, 0.3) is 21.9 Å². The second-order valence-corrected chi connectivity index (χ2v) is 4.22. The Labute approximate surface area is 107 Å². The maximum absolute atomic E-state index is 11.8. The first-order valence-electron chi connectivity index (χ1n) is 5.34. The lowest BCUT2D eigenvalue weighted by Crippen LogP contribution is -2.10. The average Bonchev–Trinajstić information content (AvgIpc) is 2.41. The third-order valence-corrected chi connectivity index (χ3v) is 2.94. The minimum absolute atomic E-state index is 0.255. The Bertz CT molecular complexity index is 777. The Hall–Kier alpha value is -2.20. The normalized spacial score (nSPS) is 10.7. The molecule has 1 aromatic carbocycles. The maximum Gasteiger partial charge on any atom is 0.272 e. The molecule has 0 atom stereocenters. The lowest BCUT2D eigenvalue weighted by atomic mass is 10.0. The summed E-state index contributed by atoms with van der Waals surface area (Å²) >= 11 is 5.82. The number of benzene rings is 1. The molecule has 0 aliphatic carbocycles. The minimum Gasteiger partial charge on any atom is -0.267 e. The van der Waals surface area contributed by atoms with E-state index >= 15 is 0 Å². The second kappa shape index (κ2) is 4.23. The summed E-state index contributed by atoms with van der Waals surface area (Å²) < 4.78 is 0. The number of fused-ring (bicyclic) bond motifs is 1. The molecular formula is C13H8ClN3O. The third kappa shape index (κ3) is 1.76. The summed E-state index contributed by atoms with van der Waals surface area (Å²) in [5.41, 5.74) is 1.02. The van der Waals surface area contributed by atoms with Crippen LogP contribution in [-0.4, -0.2) is 15.2 Å². The van der Waals surface area contributed by atoms with Crippen molar-refractivity contribution in [1.82, 2.24) is 15.2 Å². The van der Waals surface area contributed by atoms with E-state index in [-0.39, 0.29) is 10.7 Å². The van der Waals surface area contributed by atoms with E-state index in [1.54, 1.807) is 18.5 Å². The highest BCUT2D eigenvalue weighted by atomic mass is 35.5. The molecule has 4 nitrogen and oxygen atoms in total. The Morgan fingerprint density at radius 2 is 2.06 bits per heavy atom. The van der Waals surface area contributed by atoms with Crippen molar-refractivity contribution in [3.8, 4) is 11.1 Å². The summed E-state index contributed by atoms with van der Waals surface area (Å²) in [4.78, 5) is 15.9. The third-order valence-electron chi connectivity index (χ3n) is 2.75. The SMILES string of the molecule is O=c1[nH]nc(Cl)cc1-c1cccc2ccncc12. The number of nitrogens with one attached hydrogen (secondary N) is 1. The van der Waals surface area contributed by atoms with Crippen LogP contribution in [0.5, 0.6) is 0 Å². The Morgan fingerprint density at radius 1 is 1.17 bits per heavy atom. The molecule has 1 N–H and O–H groups in total. The van der Waals surface area contributed by atoms with E-state index in [2.05, 4.69) is 15.2 Å². The van der Waals surface area contributed by atoms with Crippen molar-refractivity contribution >= 4 is 22.4 Å². The molecule has 2 aromatic heterocycles. The fourth-order valence-corrected chi connectivity index (χ4v) is 2.08. The summed E-state index contributed by atoms with van der Waals surface area (Å²) in [5.74, 6) is 0. The average molecular weight is 258 g/mol. The molecule has 5 heteroatoms. The van der Waals surface area contributed by atoms with Gasteiger partial charge < -0.3 is 0 Å². The molecule has 2 heterocycles. The van der Waals surface area contributed by atoms with Gasteiger partial charge in [0.15, 0.2) is 0 Å². The topological polar surface area (TPSA) is 58.6 Å². The van der Waals surface area contributed by atoms with Gasteiger partial charge in [-0.1, -0.05) is 29.8 Å². The van der Waals surface area contributed by atoms with Gasteiger partial charge >= 0.3 is 0 Å². The molecule has 0 saturated carbocycles. The van der Waals surface area contributed by atoms with Crippen molar-refractivity contribution in [3.63, 3.8) is 0 Å². The van der Waals surface area contributed by atoms with Crippen LogP contribution in [0.3, 0.4) is 0 Å². The first-order valence-corrected chi connectivity index (χ1v) is 5.72. The summed E-state index contributed by atoms with van der Waals surface area (Å²) in [6, 6.07) is 9.19. The maximum atomic E-state index is 11.8. The van der Waals surface area contributed by atoms with E-state index in [1.807, 2.05) is 24.3 Å². The van der Waals surface area contributed by atoms with Crippen molar-refractivity contribution < 1.29 is 0 Å². The second-order valence-electron chi connectivity index (χ2n) is 3.84. The van der Waals surface area contributed by atoms with E-state index in [9.17, 15) is 4.79 Å². The molecule has 3 rings (SSSR count). The Balaban J connectivity index is 2.38. The van der Waals surface area contributed by atoms with Crippen molar-refractivity contribution in [3.05, 3.63) is 58.2 Å². The van der Waals surface area contributed by atoms with Crippen molar-refractivity contribution in [1.29, 1.82) is 0 Å². The smallest absolute Gasteiger partial charge is 0.267 e. The molecule has 3 aromatic rings. The molecule has 0 unspecified atom stereocenters. The number of aromatic nitrogens is 3. The molecular weight excluding hydrogens is 250 g/mol. The molecule has 0 aliphatic heterocycles. The highest BCUT2D eigenvalue weighted by Crippen LogP contribution is 2.26. The van der Waals surface area contributed by atoms with E-state index < -0.39 is 0 Å². The summed E-state index contributed by atoms with van der Waals surface area (Å²) in [7, 11) is 0. The van der Waals surface area contributed by atoms with Gasteiger partial charge in [0.2, 0.25) is 0 Å². The predicted octanol–water partition coefficient (Wildman–Crippen LogP) is 2.64. The monoisotopic (exact) mass is 257 g/mol. The van der Waals surface area contributed by atoms with E-state index in [0.29, 0.717) is 5.56 Å². The quantitative estimate of drug-likeness (QED) is 0.729. The number of aromatic amines is 1. The number of hydrogen-bond acceptors (Lipinski definition) is 3. The number of hydrogen-bond donors (Lipinski definition) is 1. The van der Waals surface area contributed by atoms with Gasteiger partial charge in [0.25, 0.3) is 5.56 Å². The van der Waals surface area contributed by atoms with Crippen LogP contribution in [0.15, 0.2) is 47.5 Å². The Morgan fingerprint density at radius 3 is 2.94 bits per heavy atom. The summed E-state index contributed by atoms with van der Waals surface area (Å²) in [6.07, 6.45) is 3.45. The predicted molar refractivity (Wildman–Crippen MR) is 70.6 cm³/mol. The van der Waals surface area contributed by atoms with E-state index in [0.717, 1.165) is 16.3 Å². The number of H-pyrrole nitrogens is 1. The number of rotatable bonds is 1. The first kappa shape index (κ1) is 10.9. The van der Waals surface area contributed by atoms with Crippen LogP contribution in [-0.2, 0) is 0 Å². The van der Waals surface area contributed by atoms with Crippen molar-refractivity contribution in [2.45, 2.75) is 0 Å². The van der Waals surface area contributed by atoms with Crippen molar-refractivity contribution in [2.75, 3.05) is 0 Å². The zero-order chi connectivity index (χ0) is 12.5. The van der Waals surface area contributed by atoms with Crippen LogP contribution in [0, 0.1) is 0 Å². The number of pyridine rings is 1. The van der Waals surface area contributed by atoms with Gasteiger partial charge in [-0.05, 0) is 23.1 Å². The molecule has 0 radical (unpaired) electrons. The lowest BCUT2D eigenvalue weighted by Gasteiger charge is -2.05. The van der Waals surface area contributed by atoms with Gasteiger partial charge in [-0.2, -0.15) is 5.10 Å². The number of halogens is 1. The molecule has 0 saturated heterocycles. The fraction of sp³-hybridized carbons (Fsp3) is 0. The fourth-order valence-electron chi connectivity index (χ4n) is 1.93. The first-order chi connectivity index (χ1) is 8.75. The lowest BCUT2D eigenvalue weighted by molar-refractivity contribution is 0.992. The molecule has 18 heavy (non-hydrogen) atoms. The summed E-state index contributed by atoms with van der Waals surface area (Å²) in [5, 5.41) is 8.22. The Kier molecular flexibility index (Phi) is 2.57. The zero-order valence-electron chi connectivity index (χ0n) is 9.22. The van der Waals surface area contributed by atoms with Crippen LogP contribution in [0.2, 0.25) is 5.15 Å². The van der Waals surface area contributed by atoms with Crippen molar-refractivity contribution in [2.24, 2.45) is 0 Å². The number of nitrogens with zero attached hydrogens (tertiary/aromatic N) is 2. The standard InChI is InChI=1S/C13H8ClN3O/c14-12-6-10(13(18)17-16-12)9-3-1-2-8-4-5-15-7-11(8)9/h1-7H,(H,17,18). The van der Waals surface area contributed by atoms with Gasteiger partial charge in [-0.3, -0.25) is 9.78 Å². The van der Waals surface area contributed by atoms with Crippen LogP contribution < -0.4 is 5.56 Å². The van der Waals surface area contributed by atoms with Gasteiger partial charge in [0.05, 0.1) is 5.56 Å². The van der Waals surface area contributed by atoms with Gasteiger partial charge in [-0.25, -0.2) is 5.10 Å². The molecule has 0 amide bonds. The molecule has 0 spiro atoms. The van der Waals surface area contributed by atoms with Crippen LogP contribution >= 0.6 is 11.6 Å². The highest BCUT2D eigenvalue weighted by Gasteiger charge is 2.08. The minimum atomic E-state index is -0.268.